The van der Waals surface area contributed by atoms with Gasteiger partial charge in [0.15, 0.2) is 0 Å². The van der Waals surface area contributed by atoms with Gasteiger partial charge in [-0.05, 0) is 12.1 Å². The zero-order chi connectivity index (χ0) is 10.8. The molecule has 0 unspecified atom stereocenters. The van der Waals surface area contributed by atoms with Crippen LogP contribution in [0.15, 0.2) is 18.2 Å². The second-order valence-corrected chi connectivity index (χ2v) is 3.49. The molecule has 1 atom stereocenters. The van der Waals surface area contributed by atoms with Gasteiger partial charge in [0.2, 0.25) is 0 Å². The molecule has 0 bridgehead atoms. The van der Waals surface area contributed by atoms with Gasteiger partial charge >= 0.3 is 5.97 Å². The molecule has 0 saturated carbocycles. The van der Waals surface area contributed by atoms with Crippen molar-refractivity contribution in [2.75, 3.05) is 13.7 Å². The predicted molar refractivity (Wildman–Crippen MR) is 62.1 cm³/mol. The molecule has 1 heterocycles. The fourth-order valence-corrected chi connectivity index (χ4v) is 1.66. The Hall–Kier alpha value is -1.26. The van der Waals surface area contributed by atoms with Crippen LogP contribution in [-0.4, -0.2) is 19.7 Å². The Morgan fingerprint density at radius 1 is 1.56 bits per heavy atom. The van der Waals surface area contributed by atoms with Crippen molar-refractivity contribution in [3.05, 3.63) is 29.3 Å². The zero-order valence-electron chi connectivity index (χ0n) is 8.93. The smallest absolute Gasteiger partial charge is 0.337 e. The van der Waals surface area contributed by atoms with Crippen LogP contribution >= 0.6 is 12.4 Å². The van der Waals surface area contributed by atoms with E-state index < -0.39 is 0 Å². The molecule has 0 spiro atoms. The molecule has 2 N–H and O–H groups in total. The fraction of sp³-hybridized carbons (Fsp3) is 0.364. The first kappa shape index (κ1) is 12.8. The molecule has 1 aliphatic rings. The molecule has 4 nitrogen and oxygen atoms in total. The Morgan fingerprint density at radius 2 is 2.31 bits per heavy atom. The monoisotopic (exact) mass is 243 g/mol. The molecular weight excluding hydrogens is 230 g/mol. The summed E-state index contributed by atoms with van der Waals surface area (Å²) in [5.41, 5.74) is 7.35. The number of hydrogen-bond acceptors (Lipinski definition) is 4. The third-order valence-electron chi connectivity index (χ3n) is 2.52. The third-order valence-corrected chi connectivity index (χ3v) is 2.52. The average molecular weight is 244 g/mol. The maximum Gasteiger partial charge on any atom is 0.337 e. The van der Waals surface area contributed by atoms with Crippen LogP contribution < -0.4 is 10.5 Å². The van der Waals surface area contributed by atoms with E-state index in [2.05, 4.69) is 4.74 Å². The van der Waals surface area contributed by atoms with E-state index in [1.54, 1.807) is 12.1 Å². The number of methoxy groups -OCH3 is 1. The van der Waals surface area contributed by atoms with Gasteiger partial charge in [-0.25, -0.2) is 4.79 Å². The highest BCUT2D eigenvalue weighted by Crippen LogP contribution is 2.31. The molecule has 88 valence electrons. The van der Waals surface area contributed by atoms with E-state index in [-0.39, 0.29) is 24.4 Å². The van der Waals surface area contributed by atoms with Crippen LogP contribution in [0.5, 0.6) is 5.75 Å². The first-order chi connectivity index (χ1) is 7.22. The van der Waals surface area contributed by atoms with Gasteiger partial charge < -0.3 is 15.2 Å². The summed E-state index contributed by atoms with van der Waals surface area (Å²) in [6.07, 6.45) is 0.810. The van der Waals surface area contributed by atoms with Crippen LogP contribution in [-0.2, 0) is 4.74 Å². The second-order valence-electron chi connectivity index (χ2n) is 3.49. The standard InChI is InChI=1S/C11H13NO3.ClH/c1-14-11(13)7-2-3-8-9(12)4-5-15-10(8)6-7;/h2-3,6,9H,4-5,12H2,1H3;1H/t9-;/m1./s1. The molecule has 0 amide bonds. The van der Waals surface area contributed by atoms with Crippen molar-refractivity contribution in [3.8, 4) is 5.75 Å². The Kier molecular flexibility index (Phi) is 4.15. The number of esters is 1. The van der Waals surface area contributed by atoms with Gasteiger partial charge in [-0.3, -0.25) is 0 Å². The maximum absolute atomic E-state index is 11.3. The van der Waals surface area contributed by atoms with Crippen LogP contribution in [0.2, 0.25) is 0 Å². The summed E-state index contributed by atoms with van der Waals surface area (Å²) < 4.78 is 10.1. The van der Waals surface area contributed by atoms with Gasteiger partial charge in [0, 0.05) is 18.0 Å². The number of benzene rings is 1. The molecule has 5 heteroatoms. The SMILES string of the molecule is COC(=O)c1ccc2c(c1)OCC[C@H]2N.Cl. The first-order valence-electron chi connectivity index (χ1n) is 4.83. The minimum Gasteiger partial charge on any atom is -0.493 e. The number of carbonyl (C=O) groups excluding carboxylic acids is 1. The lowest BCUT2D eigenvalue weighted by Crippen LogP contribution is -2.20. The number of fused-ring (bicyclic) bond motifs is 1. The Balaban J connectivity index is 0.00000128. The molecule has 2 rings (SSSR count). The summed E-state index contributed by atoms with van der Waals surface area (Å²) in [5, 5.41) is 0. The van der Waals surface area contributed by atoms with Gasteiger partial charge in [-0.15, -0.1) is 12.4 Å². The van der Waals surface area contributed by atoms with Crippen LogP contribution in [0, 0.1) is 0 Å². The molecule has 0 aliphatic carbocycles. The van der Waals surface area contributed by atoms with Crippen molar-refractivity contribution in [3.63, 3.8) is 0 Å². The summed E-state index contributed by atoms with van der Waals surface area (Å²) in [5.74, 6) is 0.331. The van der Waals surface area contributed by atoms with Crippen molar-refractivity contribution in [2.24, 2.45) is 5.73 Å². The first-order valence-corrected chi connectivity index (χ1v) is 4.83. The van der Waals surface area contributed by atoms with Crippen molar-refractivity contribution >= 4 is 18.4 Å². The van der Waals surface area contributed by atoms with Gasteiger partial charge in [0.05, 0.1) is 19.3 Å². The number of nitrogens with two attached hydrogens (primary N) is 1. The van der Waals surface area contributed by atoms with E-state index in [9.17, 15) is 4.79 Å². The summed E-state index contributed by atoms with van der Waals surface area (Å²) >= 11 is 0. The van der Waals surface area contributed by atoms with E-state index in [1.807, 2.05) is 6.07 Å². The third kappa shape index (κ3) is 2.28. The molecule has 0 aromatic heterocycles. The fourth-order valence-electron chi connectivity index (χ4n) is 1.66. The van der Waals surface area contributed by atoms with Gasteiger partial charge in [-0.1, -0.05) is 6.07 Å². The summed E-state index contributed by atoms with van der Waals surface area (Å²) in [7, 11) is 1.36. The molecule has 1 aromatic carbocycles. The summed E-state index contributed by atoms with van der Waals surface area (Å²) in [6.45, 7) is 0.596. The number of halogens is 1. The van der Waals surface area contributed by atoms with E-state index in [0.29, 0.717) is 17.9 Å². The molecule has 0 fully saturated rings. The maximum atomic E-state index is 11.3. The van der Waals surface area contributed by atoms with Gasteiger partial charge in [-0.2, -0.15) is 0 Å². The molecule has 16 heavy (non-hydrogen) atoms. The van der Waals surface area contributed by atoms with E-state index in [4.69, 9.17) is 10.5 Å². The quantitative estimate of drug-likeness (QED) is 0.763. The molecule has 1 aliphatic heterocycles. The van der Waals surface area contributed by atoms with Crippen molar-refractivity contribution < 1.29 is 14.3 Å². The van der Waals surface area contributed by atoms with E-state index in [0.717, 1.165) is 12.0 Å². The Morgan fingerprint density at radius 3 is 3.00 bits per heavy atom. The molecule has 0 saturated heterocycles. The molecular formula is C11H14ClNO3. The van der Waals surface area contributed by atoms with Crippen molar-refractivity contribution in [2.45, 2.75) is 12.5 Å². The van der Waals surface area contributed by atoms with Gasteiger partial charge in [0.25, 0.3) is 0 Å². The zero-order valence-corrected chi connectivity index (χ0v) is 9.75. The van der Waals surface area contributed by atoms with Crippen molar-refractivity contribution in [1.29, 1.82) is 0 Å². The van der Waals surface area contributed by atoms with Crippen LogP contribution in [0.4, 0.5) is 0 Å². The minimum atomic E-state index is -0.361. The van der Waals surface area contributed by atoms with Crippen LogP contribution in [0.1, 0.15) is 28.4 Å². The highest BCUT2D eigenvalue weighted by atomic mass is 35.5. The lowest BCUT2D eigenvalue weighted by atomic mass is 10.00. The average Bonchev–Trinajstić information content (AvgIpc) is 2.28. The Labute approximate surface area is 100 Å². The summed E-state index contributed by atoms with van der Waals surface area (Å²) in [6, 6.07) is 5.21. The number of rotatable bonds is 1. The van der Waals surface area contributed by atoms with Crippen molar-refractivity contribution in [1.82, 2.24) is 0 Å². The number of ether oxygens (including phenoxy) is 2. The predicted octanol–water partition coefficient (Wildman–Crippen LogP) is 1.68. The largest absolute Gasteiger partial charge is 0.493 e. The highest BCUT2D eigenvalue weighted by molar-refractivity contribution is 5.90. The summed E-state index contributed by atoms with van der Waals surface area (Å²) in [4.78, 5) is 11.3. The Bertz CT molecular complexity index is 395. The highest BCUT2D eigenvalue weighted by Gasteiger charge is 2.19. The lowest BCUT2D eigenvalue weighted by Gasteiger charge is -2.23. The molecule has 1 aromatic rings. The van der Waals surface area contributed by atoms with Crippen LogP contribution in [0.3, 0.4) is 0 Å². The lowest BCUT2D eigenvalue weighted by molar-refractivity contribution is 0.0600. The number of carbonyl (C=O) groups is 1. The van der Waals surface area contributed by atoms with E-state index in [1.165, 1.54) is 7.11 Å². The topological polar surface area (TPSA) is 61.5 Å². The van der Waals surface area contributed by atoms with Gasteiger partial charge in [0.1, 0.15) is 5.75 Å². The minimum absolute atomic E-state index is 0. The number of hydrogen-bond donors (Lipinski definition) is 1. The van der Waals surface area contributed by atoms with E-state index >= 15 is 0 Å². The van der Waals surface area contributed by atoms with Crippen LogP contribution in [0.25, 0.3) is 0 Å². The molecule has 0 radical (unpaired) electrons. The normalized spacial score (nSPS) is 17.8. The second kappa shape index (κ2) is 5.18.